The van der Waals surface area contributed by atoms with Crippen molar-refractivity contribution in [3.05, 3.63) is 57.6 Å². The molecule has 0 saturated carbocycles. The number of rotatable bonds is 5. The molecular formula is C22H20N4O3S. The minimum absolute atomic E-state index is 0.407. The molecule has 0 fully saturated rings. The Morgan fingerprint density at radius 3 is 2.87 bits per heavy atom. The Morgan fingerprint density at radius 2 is 2.20 bits per heavy atom. The van der Waals surface area contributed by atoms with Crippen molar-refractivity contribution >= 4 is 33.1 Å². The minimum atomic E-state index is -0.554. The number of nitrogens with one attached hydrogen (secondary N) is 1. The predicted octanol–water partition coefficient (Wildman–Crippen LogP) is 3.89. The van der Waals surface area contributed by atoms with E-state index in [4.69, 9.17) is 20.2 Å². The summed E-state index contributed by atoms with van der Waals surface area (Å²) in [5.41, 5.74) is 10.5. The van der Waals surface area contributed by atoms with Gasteiger partial charge >= 0.3 is 0 Å². The average Bonchev–Trinajstić information content (AvgIpc) is 3.21. The topological polar surface area (TPSA) is 110 Å². The number of methoxy groups -OCH3 is 1. The highest BCUT2D eigenvalue weighted by Gasteiger charge is 2.37. The largest absolute Gasteiger partial charge is 0.496 e. The monoisotopic (exact) mass is 420 g/mol. The van der Waals surface area contributed by atoms with Crippen molar-refractivity contribution in [2.75, 3.05) is 19.0 Å². The molecule has 30 heavy (non-hydrogen) atoms. The molecule has 3 N–H and O–H groups in total. The number of nitriles is 1. The minimum Gasteiger partial charge on any atom is -0.496 e. The molecule has 2 aromatic heterocycles. The Balaban J connectivity index is 2.09. The number of amides is 1. The van der Waals surface area contributed by atoms with Gasteiger partial charge in [-0.25, -0.2) is 4.98 Å². The molecule has 4 rings (SSSR count). The highest BCUT2D eigenvalue weighted by molar-refractivity contribution is 7.17. The summed E-state index contributed by atoms with van der Waals surface area (Å²) in [6.07, 6.45) is 0. The molecule has 8 heteroatoms. The second-order valence-electron chi connectivity index (χ2n) is 6.80. The normalized spacial score (nSPS) is 15.3. The van der Waals surface area contributed by atoms with Gasteiger partial charge in [0.1, 0.15) is 5.75 Å². The van der Waals surface area contributed by atoms with E-state index in [1.54, 1.807) is 29.5 Å². The van der Waals surface area contributed by atoms with Gasteiger partial charge in [0, 0.05) is 16.8 Å². The first kappa shape index (κ1) is 19.7. The summed E-state index contributed by atoms with van der Waals surface area (Å²) in [5.74, 6) is -0.168. The summed E-state index contributed by atoms with van der Waals surface area (Å²) in [4.78, 5) is 17.2. The zero-order chi connectivity index (χ0) is 21.4. The van der Waals surface area contributed by atoms with Gasteiger partial charge in [-0.3, -0.25) is 4.79 Å². The molecule has 1 atom stereocenters. The number of nitrogens with zero attached hydrogens (tertiary/aromatic N) is 2. The molecule has 0 spiro atoms. The first-order valence-corrected chi connectivity index (χ1v) is 10.3. The predicted molar refractivity (Wildman–Crippen MR) is 116 cm³/mol. The van der Waals surface area contributed by atoms with Crippen LogP contribution in [0.5, 0.6) is 11.6 Å². The van der Waals surface area contributed by atoms with Crippen LogP contribution in [0, 0.1) is 11.3 Å². The lowest BCUT2D eigenvalue weighted by molar-refractivity contribution is -0.114. The van der Waals surface area contributed by atoms with Crippen LogP contribution in [0.3, 0.4) is 0 Å². The number of hydrogen-bond donors (Lipinski definition) is 2. The number of fused-ring (bicyclic) bond motifs is 3. The lowest BCUT2D eigenvalue weighted by Gasteiger charge is -2.31. The molecule has 0 aliphatic carbocycles. The molecular weight excluding hydrogens is 400 g/mol. The third-order valence-electron chi connectivity index (χ3n) is 5.11. The Morgan fingerprint density at radius 1 is 1.40 bits per heavy atom. The molecule has 0 bridgehead atoms. The van der Waals surface area contributed by atoms with Gasteiger partial charge in [0.05, 0.1) is 52.7 Å². The Bertz CT molecular complexity index is 1240. The molecule has 0 unspecified atom stereocenters. The second-order valence-corrected chi connectivity index (χ2v) is 7.72. The summed E-state index contributed by atoms with van der Waals surface area (Å²) >= 11 is 1.56. The number of carbonyl (C=O) groups excluding carboxylic acids is 1. The van der Waals surface area contributed by atoms with E-state index in [2.05, 4.69) is 11.4 Å². The zero-order valence-corrected chi connectivity index (χ0v) is 17.6. The fourth-order valence-electron chi connectivity index (χ4n) is 3.89. The molecule has 0 saturated heterocycles. The molecule has 7 nitrogen and oxygen atoms in total. The number of hydrogen-bond acceptors (Lipinski definition) is 7. The maximum atomic E-state index is 12.5. The summed E-state index contributed by atoms with van der Waals surface area (Å²) in [7, 11) is 1.53. The van der Waals surface area contributed by atoms with Crippen molar-refractivity contribution < 1.29 is 14.3 Å². The number of aromatic nitrogens is 1. The molecule has 1 aliphatic rings. The van der Waals surface area contributed by atoms with E-state index in [1.807, 2.05) is 25.3 Å². The van der Waals surface area contributed by atoms with Gasteiger partial charge in [0.2, 0.25) is 11.8 Å². The van der Waals surface area contributed by atoms with Crippen LogP contribution in [0.25, 0.3) is 10.2 Å². The number of thiophene rings is 1. The lowest BCUT2D eigenvalue weighted by Crippen LogP contribution is -2.28. The smallest absolute Gasteiger partial charge is 0.247 e. The first-order valence-electron chi connectivity index (χ1n) is 9.39. The maximum Gasteiger partial charge on any atom is 0.247 e. The number of nitrogens with two attached hydrogens (primary N) is 1. The van der Waals surface area contributed by atoms with Gasteiger partial charge in [0.25, 0.3) is 0 Å². The molecule has 1 aromatic carbocycles. The quantitative estimate of drug-likeness (QED) is 0.648. The van der Waals surface area contributed by atoms with Gasteiger partial charge in [-0.2, -0.15) is 5.26 Å². The van der Waals surface area contributed by atoms with Crippen LogP contribution in [-0.2, 0) is 4.79 Å². The molecule has 1 amide bonds. The number of primary amides is 1. The summed E-state index contributed by atoms with van der Waals surface area (Å²) in [6.45, 7) is 4.13. The number of ether oxygens (including phenoxy) is 2. The standard InChI is InChI=1S/C22H20N4O3S/c1-4-29-22-18-17(13-6-5-12(10-23)9-15(13)28-3)16(21(24)27)11(2)25-19(18)20-14(26-22)7-8-30-20/h5-9,17,25H,4H2,1-3H3,(H2,24,27)/t17-/m0/s1. The lowest BCUT2D eigenvalue weighted by atomic mass is 9.80. The third-order valence-corrected chi connectivity index (χ3v) is 6.03. The van der Waals surface area contributed by atoms with Crippen LogP contribution >= 0.6 is 11.3 Å². The van der Waals surface area contributed by atoms with E-state index < -0.39 is 11.8 Å². The highest BCUT2D eigenvalue weighted by Crippen LogP contribution is 2.50. The van der Waals surface area contributed by atoms with Crippen molar-refractivity contribution in [2.45, 2.75) is 19.8 Å². The van der Waals surface area contributed by atoms with Crippen molar-refractivity contribution in [1.82, 2.24) is 4.98 Å². The summed E-state index contributed by atoms with van der Waals surface area (Å²) in [6, 6.07) is 9.20. The van der Waals surface area contributed by atoms with Crippen molar-refractivity contribution in [2.24, 2.45) is 5.73 Å². The second kappa shape index (κ2) is 7.69. The number of benzene rings is 1. The SMILES string of the molecule is CCOc1nc2ccsc2c2c1[C@@H](c1ccc(C#N)cc1OC)C(C(N)=O)=C(C)N2. The highest BCUT2D eigenvalue weighted by atomic mass is 32.1. The Kier molecular flexibility index (Phi) is 5.06. The van der Waals surface area contributed by atoms with Crippen LogP contribution < -0.4 is 20.5 Å². The summed E-state index contributed by atoms with van der Waals surface area (Å²) in [5, 5.41) is 14.6. The van der Waals surface area contributed by atoms with Gasteiger partial charge in [-0.15, -0.1) is 11.3 Å². The van der Waals surface area contributed by atoms with E-state index in [0.717, 1.165) is 21.5 Å². The van der Waals surface area contributed by atoms with Crippen molar-refractivity contribution in [3.63, 3.8) is 0 Å². The van der Waals surface area contributed by atoms with Crippen LogP contribution in [0.1, 0.15) is 36.5 Å². The molecule has 0 radical (unpaired) electrons. The maximum absolute atomic E-state index is 12.5. The number of anilines is 1. The molecule has 1 aliphatic heterocycles. The van der Waals surface area contributed by atoms with E-state index in [9.17, 15) is 10.1 Å². The van der Waals surface area contributed by atoms with Gasteiger partial charge < -0.3 is 20.5 Å². The number of allylic oxidation sites excluding steroid dienone is 1. The summed E-state index contributed by atoms with van der Waals surface area (Å²) < 4.78 is 12.5. The van der Waals surface area contributed by atoms with Crippen LogP contribution in [0.4, 0.5) is 5.69 Å². The Labute approximate surface area is 177 Å². The van der Waals surface area contributed by atoms with Crippen LogP contribution in [0.2, 0.25) is 0 Å². The molecule has 3 aromatic rings. The van der Waals surface area contributed by atoms with Crippen LogP contribution in [-0.4, -0.2) is 24.6 Å². The van der Waals surface area contributed by atoms with Gasteiger partial charge in [-0.05, 0) is 37.4 Å². The fraction of sp³-hybridized carbons (Fsp3) is 0.227. The Hall–Kier alpha value is -3.57. The molecule has 3 heterocycles. The number of pyridine rings is 1. The number of carbonyl (C=O) groups is 1. The molecule has 152 valence electrons. The van der Waals surface area contributed by atoms with E-state index in [0.29, 0.717) is 40.6 Å². The zero-order valence-electron chi connectivity index (χ0n) is 16.8. The van der Waals surface area contributed by atoms with E-state index >= 15 is 0 Å². The van der Waals surface area contributed by atoms with E-state index in [-0.39, 0.29) is 0 Å². The van der Waals surface area contributed by atoms with Gasteiger partial charge in [-0.1, -0.05) is 6.07 Å². The van der Waals surface area contributed by atoms with Gasteiger partial charge in [0.15, 0.2) is 0 Å². The fourth-order valence-corrected chi connectivity index (χ4v) is 4.73. The van der Waals surface area contributed by atoms with E-state index in [1.165, 1.54) is 7.11 Å². The van der Waals surface area contributed by atoms with Crippen molar-refractivity contribution in [1.29, 1.82) is 5.26 Å². The van der Waals surface area contributed by atoms with Crippen LogP contribution in [0.15, 0.2) is 40.9 Å². The van der Waals surface area contributed by atoms with Crippen molar-refractivity contribution in [3.8, 4) is 17.7 Å². The first-order chi connectivity index (χ1) is 14.5. The third kappa shape index (κ3) is 3.04. The average molecular weight is 420 g/mol.